The third-order valence-corrected chi connectivity index (χ3v) is 2.57. The zero-order valence-corrected chi connectivity index (χ0v) is 9.49. The summed E-state index contributed by atoms with van der Waals surface area (Å²) in [5.41, 5.74) is 3.41. The summed E-state index contributed by atoms with van der Waals surface area (Å²) in [6.45, 7) is 4.11. The fraction of sp³-hybridized carbons (Fsp3) is 0.273. The summed E-state index contributed by atoms with van der Waals surface area (Å²) < 4.78 is 1.79. The molecule has 1 aromatic carbocycles. The summed E-state index contributed by atoms with van der Waals surface area (Å²) in [6, 6.07) is 6.24. The van der Waals surface area contributed by atoms with Crippen LogP contribution in [0, 0.1) is 13.8 Å². The van der Waals surface area contributed by atoms with Crippen molar-refractivity contribution in [2.45, 2.75) is 19.7 Å². The first-order chi connectivity index (χ1) is 7.22. The standard InChI is InChI=1S/C11H12ClN3/c1-8-3-4-9(2)10(5-8)15-11(6-12)13-7-14-15/h3-5,7H,6H2,1-2H3. The molecule has 15 heavy (non-hydrogen) atoms. The second-order valence-electron chi connectivity index (χ2n) is 3.51. The highest BCUT2D eigenvalue weighted by atomic mass is 35.5. The normalized spacial score (nSPS) is 10.6. The van der Waals surface area contributed by atoms with Gasteiger partial charge in [0.25, 0.3) is 0 Å². The topological polar surface area (TPSA) is 30.7 Å². The maximum Gasteiger partial charge on any atom is 0.147 e. The molecule has 1 heterocycles. The largest absolute Gasteiger partial charge is 0.218 e. The number of alkyl halides is 1. The summed E-state index contributed by atoms with van der Waals surface area (Å²) in [5, 5.41) is 4.18. The summed E-state index contributed by atoms with van der Waals surface area (Å²) in [4.78, 5) is 4.10. The van der Waals surface area contributed by atoms with Crippen molar-refractivity contribution >= 4 is 11.6 Å². The Balaban J connectivity index is 2.58. The Morgan fingerprint density at radius 2 is 2.13 bits per heavy atom. The quantitative estimate of drug-likeness (QED) is 0.730. The Bertz CT molecular complexity index is 476. The van der Waals surface area contributed by atoms with Crippen molar-refractivity contribution in [3.8, 4) is 5.69 Å². The van der Waals surface area contributed by atoms with Gasteiger partial charge in [-0.15, -0.1) is 11.6 Å². The van der Waals surface area contributed by atoms with Crippen molar-refractivity contribution in [1.29, 1.82) is 0 Å². The summed E-state index contributed by atoms with van der Waals surface area (Å²) in [5.74, 6) is 1.14. The van der Waals surface area contributed by atoms with E-state index in [0.717, 1.165) is 17.1 Å². The Morgan fingerprint density at radius 1 is 1.33 bits per heavy atom. The maximum atomic E-state index is 5.79. The number of nitrogens with zero attached hydrogens (tertiary/aromatic N) is 3. The minimum Gasteiger partial charge on any atom is -0.218 e. The van der Waals surface area contributed by atoms with Crippen LogP contribution in [0.3, 0.4) is 0 Å². The molecule has 0 radical (unpaired) electrons. The van der Waals surface area contributed by atoms with Gasteiger partial charge in [0.1, 0.15) is 12.2 Å². The van der Waals surface area contributed by atoms with Crippen LogP contribution in [0.15, 0.2) is 24.5 Å². The van der Waals surface area contributed by atoms with Gasteiger partial charge in [0.05, 0.1) is 11.6 Å². The third-order valence-electron chi connectivity index (χ3n) is 2.33. The molecule has 0 saturated heterocycles. The Kier molecular flexibility index (Phi) is 2.73. The van der Waals surface area contributed by atoms with Crippen molar-refractivity contribution in [2.24, 2.45) is 0 Å². The number of hydrogen-bond acceptors (Lipinski definition) is 2. The van der Waals surface area contributed by atoms with Crippen molar-refractivity contribution in [3.63, 3.8) is 0 Å². The van der Waals surface area contributed by atoms with Crippen LogP contribution in [0.5, 0.6) is 0 Å². The molecule has 0 unspecified atom stereocenters. The number of benzene rings is 1. The molecule has 2 rings (SSSR count). The molecule has 2 aromatic rings. The monoisotopic (exact) mass is 221 g/mol. The average Bonchev–Trinajstić information content (AvgIpc) is 2.69. The number of aromatic nitrogens is 3. The molecule has 0 saturated carbocycles. The molecule has 0 fully saturated rings. The molecule has 0 aliphatic carbocycles. The van der Waals surface area contributed by atoms with Gasteiger partial charge in [-0.3, -0.25) is 0 Å². The van der Waals surface area contributed by atoms with Gasteiger partial charge in [-0.05, 0) is 31.0 Å². The van der Waals surface area contributed by atoms with E-state index in [1.165, 1.54) is 11.9 Å². The van der Waals surface area contributed by atoms with Gasteiger partial charge >= 0.3 is 0 Å². The molecule has 4 heteroatoms. The molecule has 0 atom stereocenters. The van der Waals surface area contributed by atoms with Crippen LogP contribution >= 0.6 is 11.6 Å². The molecule has 0 amide bonds. The van der Waals surface area contributed by atoms with E-state index in [0.29, 0.717) is 5.88 Å². The zero-order chi connectivity index (χ0) is 10.8. The van der Waals surface area contributed by atoms with Gasteiger partial charge in [-0.25, -0.2) is 9.67 Å². The van der Waals surface area contributed by atoms with Crippen LogP contribution in [-0.2, 0) is 5.88 Å². The van der Waals surface area contributed by atoms with E-state index in [1.807, 2.05) is 0 Å². The van der Waals surface area contributed by atoms with Crippen LogP contribution < -0.4 is 0 Å². The highest BCUT2D eigenvalue weighted by Gasteiger charge is 2.07. The Labute approximate surface area is 93.7 Å². The van der Waals surface area contributed by atoms with Gasteiger partial charge in [-0.1, -0.05) is 12.1 Å². The lowest BCUT2D eigenvalue weighted by atomic mass is 10.1. The Hall–Kier alpha value is -1.35. The summed E-state index contributed by atoms with van der Waals surface area (Å²) >= 11 is 5.79. The van der Waals surface area contributed by atoms with Gasteiger partial charge < -0.3 is 0 Å². The van der Waals surface area contributed by atoms with Crippen LogP contribution in [0.1, 0.15) is 17.0 Å². The van der Waals surface area contributed by atoms with Crippen molar-refractivity contribution < 1.29 is 0 Å². The van der Waals surface area contributed by atoms with Crippen LogP contribution in [0.2, 0.25) is 0 Å². The maximum absolute atomic E-state index is 5.79. The van der Waals surface area contributed by atoms with Crippen molar-refractivity contribution in [3.05, 3.63) is 41.5 Å². The van der Waals surface area contributed by atoms with E-state index in [2.05, 4.69) is 42.1 Å². The van der Waals surface area contributed by atoms with Crippen LogP contribution in [0.25, 0.3) is 5.69 Å². The number of rotatable bonds is 2. The zero-order valence-electron chi connectivity index (χ0n) is 8.74. The lowest BCUT2D eigenvalue weighted by Gasteiger charge is -2.08. The van der Waals surface area contributed by atoms with Gasteiger partial charge in [-0.2, -0.15) is 5.10 Å². The minimum atomic E-state index is 0.368. The Morgan fingerprint density at radius 3 is 2.87 bits per heavy atom. The average molecular weight is 222 g/mol. The molecule has 3 nitrogen and oxygen atoms in total. The molecule has 0 spiro atoms. The first-order valence-electron chi connectivity index (χ1n) is 4.75. The fourth-order valence-electron chi connectivity index (χ4n) is 1.51. The predicted octanol–water partition coefficient (Wildman–Crippen LogP) is 2.62. The molecule has 78 valence electrons. The molecular formula is C11H12ClN3. The van der Waals surface area contributed by atoms with Crippen LogP contribution in [-0.4, -0.2) is 14.8 Å². The molecule has 1 aromatic heterocycles. The molecule has 0 bridgehead atoms. The number of aryl methyl sites for hydroxylation is 2. The van der Waals surface area contributed by atoms with E-state index < -0.39 is 0 Å². The van der Waals surface area contributed by atoms with Crippen molar-refractivity contribution in [1.82, 2.24) is 14.8 Å². The highest BCUT2D eigenvalue weighted by Crippen LogP contribution is 2.16. The lowest BCUT2D eigenvalue weighted by molar-refractivity contribution is 0.825. The minimum absolute atomic E-state index is 0.368. The van der Waals surface area contributed by atoms with Gasteiger partial charge in [0.15, 0.2) is 0 Å². The second kappa shape index (κ2) is 4.03. The smallest absolute Gasteiger partial charge is 0.147 e. The first-order valence-corrected chi connectivity index (χ1v) is 5.28. The fourth-order valence-corrected chi connectivity index (χ4v) is 1.69. The highest BCUT2D eigenvalue weighted by molar-refractivity contribution is 6.16. The summed E-state index contributed by atoms with van der Waals surface area (Å²) in [6.07, 6.45) is 1.53. The second-order valence-corrected chi connectivity index (χ2v) is 3.78. The van der Waals surface area contributed by atoms with E-state index in [-0.39, 0.29) is 0 Å². The molecule has 0 aliphatic rings. The third kappa shape index (κ3) is 1.88. The van der Waals surface area contributed by atoms with Gasteiger partial charge in [0, 0.05) is 0 Å². The van der Waals surface area contributed by atoms with E-state index in [9.17, 15) is 0 Å². The van der Waals surface area contributed by atoms with Crippen LogP contribution in [0.4, 0.5) is 0 Å². The number of hydrogen-bond donors (Lipinski definition) is 0. The predicted molar refractivity (Wildman–Crippen MR) is 60.4 cm³/mol. The van der Waals surface area contributed by atoms with E-state index in [4.69, 9.17) is 11.6 Å². The van der Waals surface area contributed by atoms with Crippen molar-refractivity contribution in [2.75, 3.05) is 0 Å². The number of halogens is 1. The molecule has 0 N–H and O–H groups in total. The molecular weight excluding hydrogens is 210 g/mol. The van der Waals surface area contributed by atoms with E-state index in [1.54, 1.807) is 4.68 Å². The molecule has 0 aliphatic heterocycles. The summed E-state index contributed by atoms with van der Waals surface area (Å²) in [7, 11) is 0. The SMILES string of the molecule is Cc1ccc(C)c(-n2ncnc2CCl)c1. The van der Waals surface area contributed by atoms with E-state index >= 15 is 0 Å². The lowest BCUT2D eigenvalue weighted by Crippen LogP contribution is -2.03. The van der Waals surface area contributed by atoms with Gasteiger partial charge in [0.2, 0.25) is 0 Å². The first kappa shape index (κ1) is 10.2.